The Balaban J connectivity index is 2.28. The normalized spacial score (nSPS) is 24.1. The Bertz CT molecular complexity index is 899. The van der Waals surface area contributed by atoms with Crippen molar-refractivity contribution >= 4 is 5.91 Å². The lowest BCUT2D eigenvalue weighted by molar-refractivity contribution is -0.420. The third-order valence-electron chi connectivity index (χ3n) is 5.01. The van der Waals surface area contributed by atoms with Crippen LogP contribution in [0.15, 0.2) is 0 Å². The van der Waals surface area contributed by atoms with Gasteiger partial charge in [-0.15, -0.1) is 0 Å². The van der Waals surface area contributed by atoms with Crippen LogP contribution in [0.1, 0.15) is 37.2 Å². The predicted molar refractivity (Wildman–Crippen MR) is 90.7 cm³/mol. The molecule has 31 heavy (non-hydrogen) atoms. The van der Waals surface area contributed by atoms with Crippen LogP contribution in [0.4, 0.5) is 0 Å². The van der Waals surface area contributed by atoms with Crippen molar-refractivity contribution in [3.63, 3.8) is 0 Å². The maximum Gasteiger partial charge on any atom is 0.453 e. The maximum atomic E-state index is 11.7. The summed E-state index contributed by atoms with van der Waals surface area (Å²) in [4.78, 5) is 11.7. The summed E-state index contributed by atoms with van der Waals surface area (Å²) in [6.45, 7) is 0. The van der Waals surface area contributed by atoms with Crippen molar-refractivity contribution in [3.8, 4) is 28.7 Å². The van der Waals surface area contributed by atoms with Gasteiger partial charge in [-0.2, -0.15) is 0 Å². The van der Waals surface area contributed by atoms with Crippen molar-refractivity contribution in [1.82, 2.24) is 5.32 Å². The molecule has 2 aliphatic rings. The number of ether oxygens (including phenoxy) is 2. The van der Waals surface area contributed by atoms with Crippen LogP contribution in [0.2, 0.25) is 0 Å². The van der Waals surface area contributed by atoms with Crippen LogP contribution in [0.25, 0.3) is 0 Å². The number of aromatic hydroxyl groups is 3. The summed E-state index contributed by atoms with van der Waals surface area (Å²) in [6.07, 6.45) is -3.15. The van der Waals surface area contributed by atoms with Crippen LogP contribution in [0.5, 0.6) is 28.7 Å². The van der Waals surface area contributed by atoms with Crippen molar-refractivity contribution in [2.24, 2.45) is 0 Å². The first-order valence-electron chi connectivity index (χ1n) is 8.80. The maximum absolute atomic E-state index is 11.7. The number of benzene rings is 1. The molecule has 1 aromatic rings. The smallest absolute Gasteiger partial charge is 0.453 e. The Morgan fingerprint density at radius 3 is 1.87 bits per heavy atom. The second kappa shape index (κ2) is 6.94. The van der Waals surface area contributed by atoms with E-state index in [9.17, 15) is 45.6 Å². The number of rotatable bonds is 5. The molecule has 15 nitrogen and oxygen atoms in total. The highest BCUT2D eigenvalue weighted by Crippen LogP contribution is 2.59. The van der Waals surface area contributed by atoms with E-state index in [1.54, 1.807) is 0 Å². The van der Waals surface area contributed by atoms with E-state index in [1.807, 2.05) is 0 Å². The van der Waals surface area contributed by atoms with Gasteiger partial charge in [0.15, 0.2) is 11.5 Å². The largest absolute Gasteiger partial charge is 0.504 e. The second-order valence-electron chi connectivity index (χ2n) is 7.39. The average molecular weight is 451 g/mol. The van der Waals surface area contributed by atoms with E-state index in [0.717, 1.165) is 0 Å². The van der Waals surface area contributed by atoms with Crippen LogP contribution >= 0.6 is 0 Å². The summed E-state index contributed by atoms with van der Waals surface area (Å²) in [5.41, 5.74) is -1.27. The summed E-state index contributed by atoms with van der Waals surface area (Å²) in [5, 5.41) is 110. The van der Waals surface area contributed by atoms with Gasteiger partial charge in [0.1, 0.15) is 5.92 Å². The monoisotopic (exact) mass is 451 g/mol. The van der Waals surface area contributed by atoms with Gasteiger partial charge in [0.05, 0.1) is 5.56 Å². The molecule has 1 amide bonds. The Morgan fingerprint density at radius 1 is 0.871 bits per heavy atom. The number of aliphatic hydroxyl groups is 8. The van der Waals surface area contributed by atoms with Gasteiger partial charge in [0, 0.05) is 12.8 Å². The fraction of sp³-hybridized carbons (Fsp3) is 0.562. The zero-order chi connectivity index (χ0) is 23.6. The van der Waals surface area contributed by atoms with E-state index < -0.39 is 69.8 Å². The topological polar surface area (TPSA) is 270 Å². The van der Waals surface area contributed by atoms with Crippen LogP contribution in [0.3, 0.4) is 0 Å². The number of amides is 1. The van der Waals surface area contributed by atoms with Gasteiger partial charge in [0.25, 0.3) is 17.6 Å². The van der Waals surface area contributed by atoms with Gasteiger partial charge in [-0.05, 0) is 12.8 Å². The Morgan fingerprint density at radius 2 is 1.42 bits per heavy atom. The molecule has 1 saturated heterocycles. The molecule has 2 fully saturated rings. The number of phenolic OH excluding ortho intramolecular Hbond substituents is 3. The summed E-state index contributed by atoms with van der Waals surface area (Å²) in [6, 6.07) is 0. The van der Waals surface area contributed by atoms with Gasteiger partial charge in [0.2, 0.25) is 23.0 Å². The highest BCUT2D eigenvalue weighted by Gasteiger charge is 2.64. The van der Waals surface area contributed by atoms with Crippen LogP contribution in [-0.4, -0.2) is 85.7 Å². The number of nitrogens with one attached hydrogen (secondary N) is 1. The van der Waals surface area contributed by atoms with Gasteiger partial charge < -0.3 is 65.6 Å². The third-order valence-corrected chi connectivity index (χ3v) is 5.01. The fourth-order valence-electron chi connectivity index (χ4n) is 3.65. The SMILES string of the molecule is O=C1NC(O)(O)C(c2c(O)c(O)c(OC(O)(O)O)c(OC3(O)CCCC3)c2O)C1(O)O. The zero-order valence-corrected chi connectivity index (χ0v) is 15.5. The molecule has 1 aromatic carbocycles. The minimum Gasteiger partial charge on any atom is -0.504 e. The number of carbonyl (C=O) groups is 1. The molecular weight excluding hydrogens is 430 g/mol. The lowest BCUT2D eigenvalue weighted by Gasteiger charge is -2.32. The first-order chi connectivity index (χ1) is 14.0. The van der Waals surface area contributed by atoms with Crippen molar-refractivity contribution in [2.45, 2.75) is 55.2 Å². The summed E-state index contributed by atoms with van der Waals surface area (Å²) >= 11 is 0. The lowest BCUT2D eigenvalue weighted by Crippen LogP contribution is -2.46. The van der Waals surface area contributed by atoms with E-state index in [0.29, 0.717) is 12.8 Å². The van der Waals surface area contributed by atoms with Gasteiger partial charge in [-0.3, -0.25) is 10.1 Å². The molecule has 1 aliphatic heterocycles. The summed E-state index contributed by atoms with van der Waals surface area (Å²) in [7, 11) is 0. The van der Waals surface area contributed by atoms with Crippen LogP contribution < -0.4 is 14.8 Å². The van der Waals surface area contributed by atoms with Crippen LogP contribution in [0, 0.1) is 0 Å². The van der Waals surface area contributed by atoms with E-state index in [1.165, 1.54) is 5.32 Å². The number of hydrogen-bond acceptors (Lipinski definition) is 14. The van der Waals surface area contributed by atoms with Gasteiger partial charge in [-0.1, -0.05) is 0 Å². The van der Waals surface area contributed by atoms with Gasteiger partial charge in [-0.25, -0.2) is 0 Å². The molecule has 3 rings (SSSR count). The molecule has 1 atom stereocenters. The average Bonchev–Trinajstić information content (AvgIpc) is 3.10. The van der Waals surface area contributed by atoms with Gasteiger partial charge >= 0.3 is 6.16 Å². The second-order valence-corrected chi connectivity index (χ2v) is 7.39. The van der Waals surface area contributed by atoms with Crippen molar-refractivity contribution in [2.75, 3.05) is 0 Å². The third kappa shape index (κ3) is 3.88. The molecule has 12 N–H and O–H groups in total. The molecule has 15 heteroatoms. The van der Waals surface area contributed by atoms with Crippen LogP contribution in [-0.2, 0) is 4.79 Å². The molecule has 0 aromatic heterocycles. The summed E-state index contributed by atoms with van der Waals surface area (Å²) < 4.78 is 9.47. The molecule has 0 spiro atoms. The van der Waals surface area contributed by atoms with Crippen molar-refractivity contribution < 1.29 is 70.4 Å². The van der Waals surface area contributed by atoms with E-state index >= 15 is 0 Å². The fourth-order valence-corrected chi connectivity index (χ4v) is 3.65. The number of phenols is 3. The van der Waals surface area contributed by atoms with E-state index in [-0.39, 0.29) is 12.8 Å². The Labute approximate surface area is 172 Å². The molecule has 1 heterocycles. The Kier molecular flexibility index (Phi) is 5.16. The molecule has 174 valence electrons. The lowest BCUT2D eigenvalue weighted by atomic mass is 9.87. The first kappa shape index (κ1) is 23.0. The molecule has 1 saturated carbocycles. The highest BCUT2D eigenvalue weighted by atomic mass is 16.9. The van der Waals surface area contributed by atoms with E-state index in [4.69, 9.17) is 20.1 Å². The molecule has 1 aliphatic carbocycles. The van der Waals surface area contributed by atoms with E-state index in [2.05, 4.69) is 4.74 Å². The minimum absolute atomic E-state index is 0.0251. The van der Waals surface area contributed by atoms with Crippen molar-refractivity contribution in [1.29, 1.82) is 0 Å². The number of carbonyl (C=O) groups excluding carboxylic acids is 1. The highest BCUT2D eigenvalue weighted by molar-refractivity contribution is 5.89. The summed E-state index contributed by atoms with van der Waals surface area (Å²) in [5.74, 6) is -20.6. The minimum atomic E-state index is -3.99. The molecule has 1 unspecified atom stereocenters. The molecule has 0 bridgehead atoms. The standard InChI is InChI=1S/C16H21NO14/c18-6-5(11-14(23,24)12(21)17-15(11,25)26)7(19)9(30-13(22)3-1-2-4-13)10(8(6)20)31-16(27,28)29/h11,18-20,22-29H,1-4H2,(H,17,21). The van der Waals surface area contributed by atoms with Crippen molar-refractivity contribution in [3.05, 3.63) is 5.56 Å². The number of hydrogen-bond donors (Lipinski definition) is 12. The molecule has 0 radical (unpaired) electrons. The quantitative estimate of drug-likeness (QED) is 0.115. The predicted octanol–water partition coefficient (Wildman–Crippen LogP) is -4.06. The first-order valence-corrected chi connectivity index (χ1v) is 8.80. The zero-order valence-electron chi connectivity index (χ0n) is 15.5. The molecular formula is C16H21NO14. The Hall–Kier alpha value is -2.63.